The van der Waals surface area contributed by atoms with Crippen LogP contribution in [0.1, 0.15) is 5.56 Å². The molecule has 0 fully saturated rings. The number of benzene rings is 1. The van der Waals surface area contributed by atoms with Crippen molar-refractivity contribution >= 4 is 23.4 Å². The fourth-order valence-electron chi connectivity index (χ4n) is 1.34. The van der Waals surface area contributed by atoms with Crippen LogP contribution in [0.4, 0.5) is 5.69 Å². The summed E-state index contributed by atoms with van der Waals surface area (Å²) < 4.78 is 0. The van der Waals surface area contributed by atoms with Gasteiger partial charge in [0.15, 0.2) is 0 Å². The molecule has 0 unspecified atom stereocenters. The van der Waals surface area contributed by atoms with Crippen LogP contribution in [0.3, 0.4) is 0 Å². The van der Waals surface area contributed by atoms with E-state index in [2.05, 4.69) is 29.0 Å². The second kappa shape index (κ2) is 7.30. The summed E-state index contributed by atoms with van der Waals surface area (Å²) in [5.41, 5.74) is 2.16. The Morgan fingerprint density at radius 1 is 1.31 bits per heavy atom. The lowest BCUT2D eigenvalue weighted by molar-refractivity contribution is -0.115. The minimum atomic E-state index is -0.0145. The molecular weight excluding hydrogens is 220 g/mol. The molecule has 1 rings (SSSR count). The van der Waals surface area contributed by atoms with Crippen LogP contribution < -0.4 is 10.6 Å². The van der Waals surface area contributed by atoms with Gasteiger partial charge in [-0.2, -0.15) is 11.8 Å². The first kappa shape index (κ1) is 13.1. The van der Waals surface area contributed by atoms with Gasteiger partial charge in [-0.05, 0) is 43.2 Å². The number of rotatable bonds is 6. The van der Waals surface area contributed by atoms with Crippen LogP contribution in [0.2, 0.25) is 0 Å². The average Bonchev–Trinajstić information content (AvgIpc) is 2.28. The van der Waals surface area contributed by atoms with Gasteiger partial charge < -0.3 is 10.6 Å². The summed E-state index contributed by atoms with van der Waals surface area (Å²) in [7, 11) is 1.76. The Labute approximate surface area is 101 Å². The first-order valence-corrected chi connectivity index (χ1v) is 6.68. The van der Waals surface area contributed by atoms with E-state index in [-0.39, 0.29) is 5.91 Å². The van der Waals surface area contributed by atoms with Crippen LogP contribution in [0, 0.1) is 0 Å². The van der Waals surface area contributed by atoms with Gasteiger partial charge in [-0.15, -0.1) is 0 Å². The van der Waals surface area contributed by atoms with E-state index >= 15 is 0 Å². The molecule has 3 nitrogen and oxygen atoms in total. The maximum Gasteiger partial charge on any atom is 0.238 e. The Morgan fingerprint density at radius 2 is 2.00 bits per heavy atom. The van der Waals surface area contributed by atoms with Crippen LogP contribution >= 0.6 is 11.8 Å². The molecule has 4 heteroatoms. The Morgan fingerprint density at radius 3 is 2.56 bits per heavy atom. The van der Waals surface area contributed by atoms with Gasteiger partial charge >= 0.3 is 0 Å². The molecule has 1 aromatic rings. The SMILES string of the molecule is CNCC(=O)Nc1ccc(CCSC)cc1. The minimum absolute atomic E-state index is 0.0145. The number of anilines is 1. The first-order chi connectivity index (χ1) is 7.76. The Balaban J connectivity index is 2.47. The van der Waals surface area contributed by atoms with E-state index in [1.807, 2.05) is 23.9 Å². The molecule has 88 valence electrons. The quantitative estimate of drug-likeness (QED) is 0.793. The van der Waals surface area contributed by atoms with Crippen molar-refractivity contribution < 1.29 is 4.79 Å². The summed E-state index contributed by atoms with van der Waals surface area (Å²) in [5, 5.41) is 5.63. The van der Waals surface area contributed by atoms with E-state index < -0.39 is 0 Å². The maximum absolute atomic E-state index is 11.3. The number of carbonyl (C=O) groups excluding carboxylic acids is 1. The minimum Gasteiger partial charge on any atom is -0.325 e. The number of likely N-dealkylation sites (N-methyl/N-ethyl adjacent to an activating group) is 1. The summed E-state index contributed by atoms with van der Waals surface area (Å²) in [6.07, 6.45) is 3.18. The predicted octanol–water partition coefficient (Wildman–Crippen LogP) is 1.75. The number of thioether (sulfide) groups is 1. The highest BCUT2D eigenvalue weighted by Gasteiger charge is 2.00. The topological polar surface area (TPSA) is 41.1 Å². The molecule has 0 bridgehead atoms. The van der Waals surface area contributed by atoms with Gasteiger partial charge in [0.1, 0.15) is 0 Å². The van der Waals surface area contributed by atoms with Crippen LogP contribution in [0.25, 0.3) is 0 Å². The lowest BCUT2D eigenvalue weighted by Gasteiger charge is -2.05. The molecule has 0 aliphatic heterocycles. The van der Waals surface area contributed by atoms with Crippen molar-refractivity contribution in [3.8, 4) is 0 Å². The molecule has 1 amide bonds. The number of nitrogens with one attached hydrogen (secondary N) is 2. The third kappa shape index (κ3) is 4.68. The monoisotopic (exact) mass is 238 g/mol. The zero-order chi connectivity index (χ0) is 11.8. The van der Waals surface area contributed by atoms with E-state index in [9.17, 15) is 4.79 Å². The number of hydrogen-bond donors (Lipinski definition) is 2. The Hall–Kier alpha value is -1.00. The molecule has 1 aromatic carbocycles. The lowest BCUT2D eigenvalue weighted by atomic mass is 10.1. The molecule has 0 spiro atoms. The van der Waals surface area contributed by atoms with Crippen LogP contribution in [0.15, 0.2) is 24.3 Å². The van der Waals surface area contributed by atoms with Gasteiger partial charge in [-0.25, -0.2) is 0 Å². The fraction of sp³-hybridized carbons (Fsp3) is 0.417. The third-order valence-corrected chi connectivity index (χ3v) is 2.78. The molecular formula is C12H18N2OS. The van der Waals surface area contributed by atoms with E-state index in [0.717, 1.165) is 17.9 Å². The van der Waals surface area contributed by atoms with Gasteiger partial charge in [0.05, 0.1) is 6.54 Å². The molecule has 0 atom stereocenters. The van der Waals surface area contributed by atoms with Gasteiger partial charge in [0, 0.05) is 5.69 Å². The zero-order valence-electron chi connectivity index (χ0n) is 9.75. The van der Waals surface area contributed by atoms with Crippen molar-refractivity contribution in [1.29, 1.82) is 0 Å². The van der Waals surface area contributed by atoms with Crippen molar-refractivity contribution in [3.63, 3.8) is 0 Å². The van der Waals surface area contributed by atoms with E-state index in [0.29, 0.717) is 6.54 Å². The first-order valence-electron chi connectivity index (χ1n) is 5.28. The van der Waals surface area contributed by atoms with E-state index in [4.69, 9.17) is 0 Å². The van der Waals surface area contributed by atoms with Gasteiger partial charge in [0.2, 0.25) is 5.91 Å². The highest BCUT2D eigenvalue weighted by Crippen LogP contribution is 2.11. The standard InChI is InChI=1S/C12H18N2OS/c1-13-9-12(15)14-11-5-3-10(4-6-11)7-8-16-2/h3-6,13H,7-9H2,1-2H3,(H,14,15). The third-order valence-electron chi connectivity index (χ3n) is 2.17. The van der Waals surface area contributed by atoms with Crippen molar-refractivity contribution in [2.75, 3.05) is 30.9 Å². The fourth-order valence-corrected chi connectivity index (χ4v) is 1.78. The Bertz CT molecular complexity index is 324. The van der Waals surface area contributed by atoms with E-state index in [1.54, 1.807) is 7.05 Å². The van der Waals surface area contributed by atoms with Crippen molar-refractivity contribution in [3.05, 3.63) is 29.8 Å². The van der Waals surface area contributed by atoms with Crippen molar-refractivity contribution in [2.45, 2.75) is 6.42 Å². The number of hydrogen-bond acceptors (Lipinski definition) is 3. The summed E-state index contributed by atoms with van der Waals surface area (Å²) in [6.45, 7) is 0.341. The number of amides is 1. The number of carbonyl (C=O) groups is 1. The molecule has 0 aliphatic carbocycles. The van der Waals surface area contributed by atoms with Gasteiger partial charge in [-0.3, -0.25) is 4.79 Å². The smallest absolute Gasteiger partial charge is 0.238 e. The highest BCUT2D eigenvalue weighted by atomic mass is 32.2. The van der Waals surface area contributed by atoms with Crippen LogP contribution in [-0.4, -0.2) is 31.5 Å². The molecule has 0 saturated carbocycles. The van der Waals surface area contributed by atoms with Crippen molar-refractivity contribution in [1.82, 2.24) is 5.32 Å². The van der Waals surface area contributed by atoms with Crippen LogP contribution in [-0.2, 0) is 11.2 Å². The maximum atomic E-state index is 11.3. The molecule has 0 aromatic heterocycles. The summed E-state index contributed by atoms with van der Waals surface area (Å²) in [6, 6.07) is 8.02. The van der Waals surface area contributed by atoms with E-state index in [1.165, 1.54) is 5.56 Å². The predicted molar refractivity (Wildman–Crippen MR) is 71.1 cm³/mol. The summed E-state index contributed by atoms with van der Waals surface area (Å²) in [4.78, 5) is 11.3. The highest BCUT2D eigenvalue weighted by molar-refractivity contribution is 7.98. The van der Waals surface area contributed by atoms with Crippen molar-refractivity contribution in [2.24, 2.45) is 0 Å². The molecule has 2 N–H and O–H groups in total. The average molecular weight is 238 g/mol. The van der Waals surface area contributed by atoms with Gasteiger partial charge in [-0.1, -0.05) is 12.1 Å². The number of aryl methyl sites for hydroxylation is 1. The molecule has 0 aliphatic rings. The normalized spacial score (nSPS) is 10.1. The second-order valence-corrected chi connectivity index (χ2v) is 4.50. The lowest BCUT2D eigenvalue weighted by Crippen LogP contribution is -2.24. The van der Waals surface area contributed by atoms with Gasteiger partial charge in [0.25, 0.3) is 0 Å². The second-order valence-electron chi connectivity index (χ2n) is 3.52. The largest absolute Gasteiger partial charge is 0.325 e. The molecule has 0 radical (unpaired) electrons. The summed E-state index contributed by atoms with van der Waals surface area (Å²) in [5.74, 6) is 1.12. The summed E-state index contributed by atoms with van der Waals surface area (Å²) >= 11 is 1.84. The van der Waals surface area contributed by atoms with Crippen LogP contribution in [0.5, 0.6) is 0 Å². The zero-order valence-corrected chi connectivity index (χ0v) is 10.6. The molecule has 0 heterocycles. The molecule has 0 saturated heterocycles. The molecule has 16 heavy (non-hydrogen) atoms. The Kier molecular flexibility index (Phi) is 5.96.